The average molecular weight is 358 g/mol. The van der Waals surface area contributed by atoms with Gasteiger partial charge in [-0.15, -0.1) is 0 Å². The number of carbonyl (C=O) groups excluding carboxylic acids is 2. The van der Waals surface area contributed by atoms with Gasteiger partial charge < -0.3 is 9.64 Å². The average Bonchev–Trinajstić information content (AvgIpc) is 2.92. The van der Waals surface area contributed by atoms with Crippen LogP contribution in [0, 0.1) is 11.3 Å². The summed E-state index contributed by atoms with van der Waals surface area (Å²) in [5.41, 5.74) is 1.05. The van der Waals surface area contributed by atoms with Gasteiger partial charge in [-0.25, -0.2) is 4.79 Å². The minimum atomic E-state index is -0.359. The molecule has 2 heterocycles. The van der Waals surface area contributed by atoms with Crippen molar-refractivity contribution in [3.63, 3.8) is 0 Å². The first-order valence-corrected chi connectivity index (χ1v) is 9.59. The quantitative estimate of drug-likeness (QED) is 0.760. The maximum absolute atomic E-state index is 12.4. The van der Waals surface area contributed by atoms with Gasteiger partial charge in [0.1, 0.15) is 6.04 Å². The number of likely N-dealkylation sites (tertiary alicyclic amines) is 2. The van der Waals surface area contributed by atoms with Crippen LogP contribution >= 0.6 is 0 Å². The summed E-state index contributed by atoms with van der Waals surface area (Å²) < 4.78 is 5.07. The Morgan fingerprint density at radius 1 is 1.19 bits per heavy atom. The fourth-order valence-electron chi connectivity index (χ4n) is 4.42. The zero-order valence-electron chi connectivity index (χ0n) is 16.1. The maximum Gasteiger partial charge on any atom is 0.327 e. The third kappa shape index (κ3) is 3.93. The molecule has 0 radical (unpaired) electrons. The van der Waals surface area contributed by atoms with Gasteiger partial charge in [0.05, 0.1) is 7.11 Å². The highest BCUT2D eigenvalue weighted by Gasteiger charge is 2.46. The van der Waals surface area contributed by atoms with E-state index in [0.717, 1.165) is 44.6 Å². The van der Waals surface area contributed by atoms with Crippen molar-refractivity contribution >= 4 is 11.9 Å². The zero-order valence-corrected chi connectivity index (χ0v) is 16.1. The van der Waals surface area contributed by atoms with Crippen LogP contribution in [0.1, 0.15) is 44.7 Å². The van der Waals surface area contributed by atoms with Crippen LogP contribution in [0.5, 0.6) is 0 Å². The molecule has 1 amide bonds. The zero-order chi connectivity index (χ0) is 18.7. The first kappa shape index (κ1) is 18.9. The molecule has 1 atom stereocenters. The lowest BCUT2D eigenvalue weighted by atomic mass is 9.77. The van der Waals surface area contributed by atoms with Gasteiger partial charge in [0.25, 0.3) is 0 Å². The van der Waals surface area contributed by atoms with Gasteiger partial charge >= 0.3 is 5.97 Å². The molecule has 1 spiro atoms. The Balaban J connectivity index is 1.69. The minimum Gasteiger partial charge on any atom is -0.468 e. The Labute approximate surface area is 156 Å². The van der Waals surface area contributed by atoms with Crippen molar-refractivity contribution in [3.8, 4) is 0 Å². The molecule has 0 N–H and O–H groups in total. The lowest BCUT2D eigenvalue weighted by Crippen LogP contribution is -2.45. The molecular weight excluding hydrogens is 328 g/mol. The van der Waals surface area contributed by atoms with Crippen LogP contribution in [0.25, 0.3) is 0 Å². The molecule has 142 valence electrons. The van der Waals surface area contributed by atoms with Crippen molar-refractivity contribution in [1.29, 1.82) is 0 Å². The first-order chi connectivity index (χ1) is 12.4. The third-order valence-electron chi connectivity index (χ3n) is 5.75. The van der Waals surface area contributed by atoms with E-state index in [4.69, 9.17) is 4.74 Å². The number of rotatable bonds is 5. The number of hydrogen-bond donors (Lipinski definition) is 0. The van der Waals surface area contributed by atoms with Gasteiger partial charge in [-0.1, -0.05) is 44.2 Å². The Morgan fingerprint density at radius 3 is 2.42 bits per heavy atom. The van der Waals surface area contributed by atoms with Crippen LogP contribution in [-0.4, -0.2) is 55.0 Å². The molecule has 0 bridgehead atoms. The summed E-state index contributed by atoms with van der Waals surface area (Å²) in [5.74, 6) is 0.576. The molecular formula is C21H30N2O3. The van der Waals surface area contributed by atoms with E-state index in [1.165, 1.54) is 7.11 Å². The van der Waals surface area contributed by atoms with Crippen LogP contribution in [0.15, 0.2) is 30.3 Å². The summed E-state index contributed by atoms with van der Waals surface area (Å²) in [6, 6.07) is 9.47. The molecule has 5 nitrogen and oxygen atoms in total. The largest absolute Gasteiger partial charge is 0.468 e. The predicted molar refractivity (Wildman–Crippen MR) is 100 cm³/mol. The van der Waals surface area contributed by atoms with Crippen LogP contribution in [-0.2, 0) is 14.3 Å². The molecule has 5 heteroatoms. The topological polar surface area (TPSA) is 49.9 Å². The normalized spacial score (nSPS) is 21.4. The molecule has 2 saturated heterocycles. The SMILES string of the molecule is COC(=O)[C@H](c1ccccc1)N1CCC2(CC1)CC(=O)N(CC(C)C)C2. The van der Waals surface area contributed by atoms with Gasteiger partial charge in [0.15, 0.2) is 0 Å². The van der Waals surface area contributed by atoms with E-state index in [-0.39, 0.29) is 17.4 Å². The molecule has 1 aromatic rings. The second-order valence-electron chi connectivity index (χ2n) is 8.22. The molecule has 2 aliphatic heterocycles. The summed E-state index contributed by atoms with van der Waals surface area (Å²) in [5, 5.41) is 0. The second-order valence-corrected chi connectivity index (χ2v) is 8.22. The number of piperidine rings is 1. The number of amides is 1. The van der Waals surface area contributed by atoms with E-state index in [1.54, 1.807) is 0 Å². The number of esters is 1. The minimum absolute atomic E-state index is 0.0832. The molecule has 2 fully saturated rings. The van der Waals surface area contributed by atoms with Crippen molar-refractivity contribution in [1.82, 2.24) is 9.80 Å². The van der Waals surface area contributed by atoms with Gasteiger partial charge in [0.2, 0.25) is 5.91 Å². The van der Waals surface area contributed by atoms with E-state index in [9.17, 15) is 9.59 Å². The molecule has 0 unspecified atom stereocenters. The number of hydrogen-bond acceptors (Lipinski definition) is 4. The van der Waals surface area contributed by atoms with Crippen molar-refractivity contribution in [3.05, 3.63) is 35.9 Å². The van der Waals surface area contributed by atoms with Crippen LogP contribution < -0.4 is 0 Å². The van der Waals surface area contributed by atoms with E-state index in [2.05, 4.69) is 18.7 Å². The summed E-state index contributed by atoms with van der Waals surface area (Å²) in [4.78, 5) is 29.1. The van der Waals surface area contributed by atoms with E-state index in [1.807, 2.05) is 35.2 Å². The van der Waals surface area contributed by atoms with E-state index < -0.39 is 0 Å². The summed E-state index contributed by atoms with van der Waals surface area (Å²) in [7, 11) is 1.45. The highest BCUT2D eigenvalue weighted by Crippen LogP contribution is 2.42. The van der Waals surface area contributed by atoms with Crippen LogP contribution in [0.2, 0.25) is 0 Å². The predicted octanol–water partition coefficient (Wildman–Crippen LogP) is 2.87. The van der Waals surface area contributed by atoms with Crippen molar-refractivity contribution in [2.45, 2.75) is 39.2 Å². The smallest absolute Gasteiger partial charge is 0.327 e. The highest BCUT2D eigenvalue weighted by atomic mass is 16.5. The number of nitrogens with zero attached hydrogens (tertiary/aromatic N) is 2. The summed E-state index contributed by atoms with van der Waals surface area (Å²) in [6.07, 6.45) is 2.56. The number of ether oxygens (including phenoxy) is 1. The Morgan fingerprint density at radius 2 is 1.85 bits per heavy atom. The van der Waals surface area contributed by atoms with Crippen molar-refractivity contribution in [2.24, 2.45) is 11.3 Å². The Hall–Kier alpha value is -1.88. The molecule has 26 heavy (non-hydrogen) atoms. The molecule has 0 aromatic heterocycles. The van der Waals surface area contributed by atoms with Gasteiger partial charge in [0, 0.05) is 19.5 Å². The van der Waals surface area contributed by atoms with Crippen LogP contribution in [0.4, 0.5) is 0 Å². The van der Waals surface area contributed by atoms with Gasteiger partial charge in [-0.2, -0.15) is 0 Å². The Bertz CT molecular complexity index is 636. The summed E-state index contributed by atoms with van der Waals surface area (Å²) >= 11 is 0. The standard InChI is InChI=1S/C21H30N2O3/c1-16(2)14-23-15-21(13-18(23)24)9-11-22(12-10-21)19(20(25)26-3)17-7-5-4-6-8-17/h4-8,16,19H,9-15H2,1-3H3/t19-/m0/s1. The lowest BCUT2D eigenvalue weighted by Gasteiger charge is -2.41. The molecule has 0 aliphatic carbocycles. The summed E-state index contributed by atoms with van der Waals surface area (Å²) in [6.45, 7) is 7.66. The molecule has 1 aromatic carbocycles. The number of carbonyl (C=O) groups is 2. The van der Waals surface area contributed by atoms with Crippen LogP contribution in [0.3, 0.4) is 0 Å². The molecule has 3 rings (SSSR count). The van der Waals surface area contributed by atoms with Gasteiger partial charge in [-0.3, -0.25) is 9.69 Å². The second kappa shape index (κ2) is 7.78. The number of methoxy groups -OCH3 is 1. The van der Waals surface area contributed by atoms with E-state index >= 15 is 0 Å². The Kier molecular flexibility index (Phi) is 5.66. The molecule has 0 saturated carbocycles. The van der Waals surface area contributed by atoms with Crippen molar-refractivity contribution in [2.75, 3.05) is 33.3 Å². The lowest BCUT2D eigenvalue weighted by molar-refractivity contribution is -0.148. The fourth-order valence-corrected chi connectivity index (χ4v) is 4.42. The molecule has 2 aliphatic rings. The van der Waals surface area contributed by atoms with Gasteiger partial charge in [-0.05, 0) is 42.8 Å². The number of benzene rings is 1. The van der Waals surface area contributed by atoms with Crippen molar-refractivity contribution < 1.29 is 14.3 Å². The first-order valence-electron chi connectivity index (χ1n) is 9.59. The fraction of sp³-hybridized carbons (Fsp3) is 0.619. The highest BCUT2D eigenvalue weighted by molar-refractivity contribution is 5.79. The monoisotopic (exact) mass is 358 g/mol. The van der Waals surface area contributed by atoms with E-state index in [0.29, 0.717) is 18.2 Å². The maximum atomic E-state index is 12.4. The third-order valence-corrected chi connectivity index (χ3v) is 5.75.